The molecule has 2 N–H and O–H groups in total. The Kier molecular flexibility index (Phi) is 5.29. The zero-order valence-electron chi connectivity index (χ0n) is 11.2. The van der Waals surface area contributed by atoms with E-state index >= 15 is 0 Å². The summed E-state index contributed by atoms with van der Waals surface area (Å²) in [6, 6.07) is 14.0. The SMILES string of the molecule is CC(NCC(O)c1cccc(Br)c1)c1ccccc1F. The van der Waals surface area contributed by atoms with Crippen molar-refractivity contribution in [1.82, 2.24) is 5.32 Å². The summed E-state index contributed by atoms with van der Waals surface area (Å²) in [6.07, 6.45) is -0.623. The van der Waals surface area contributed by atoms with Crippen LogP contribution in [0.4, 0.5) is 4.39 Å². The van der Waals surface area contributed by atoms with Crippen molar-refractivity contribution in [3.8, 4) is 0 Å². The van der Waals surface area contributed by atoms with Crippen molar-refractivity contribution in [1.29, 1.82) is 0 Å². The Morgan fingerprint density at radius 1 is 1.20 bits per heavy atom. The van der Waals surface area contributed by atoms with Gasteiger partial charge in [0.25, 0.3) is 0 Å². The van der Waals surface area contributed by atoms with Crippen LogP contribution in [-0.4, -0.2) is 11.7 Å². The Labute approximate surface area is 126 Å². The Hall–Kier alpha value is -1.23. The van der Waals surface area contributed by atoms with E-state index in [-0.39, 0.29) is 11.9 Å². The molecule has 0 saturated carbocycles. The van der Waals surface area contributed by atoms with Gasteiger partial charge in [-0.1, -0.05) is 46.3 Å². The molecule has 2 aromatic carbocycles. The van der Waals surface area contributed by atoms with Gasteiger partial charge >= 0.3 is 0 Å². The van der Waals surface area contributed by atoms with E-state index in [1.54, 1.807) is 18.2 Å². The molecule has 0 amide bonds. The molecule has 2 atom stereocenters. The van der Waals surface area contributed by atoms with Gasteiger partial charge in [-0.25, -0.2) is 4.39 Å². The predicted molar refractivity (Wildman–Crippen MR) is 81.9 cm³/mol. The van der Waals surface area contributed by atoms with Crippen LogP contribution in [0.5, 0.6) is 0 Å². The van der Waals surface area contributed by atoms with Gasteiger partial charge in [-0.2, -0.15) is 0 Å². The van der Waals surface area contributed by atoms with E-state index in [1.165, 1.54) is 6.07 Å². The molecule has 2 unspecified atom stereocenters. The summed E-state index contributed by atoms with van der Waals surface area (Å²) in [5.41, 5.74) is 1.43. The highest BCUT2D eigenvalue weighted by Crippen LogP contribution is 2.20. The average Bonchev–Trinajstić information content (AvgIpc) is 2.45. The lowest BCUT2D eigenvalue weighted by Crippen LogP contribution is -2.25. The Morgan fingerprint density at radius 3 is 2.65 bits per heavy atom. The lowest BCUT2D eigenvalue weighted by molar-refractivity contribution is 0.170. The van der Waals surface area contributed by atoms with Crippen LogP contribution in [0.15, 0.2) is 53.0 Å². The van der Waals surface area contributed by atoms with Crippen molar-refractivity contribution in [2.45, 2.75) is 19.1 Å². The predicted octanol–water partition coefficient (Wildman–Crippen LogP) is 3.97. The molecule has 0 fully saturated rings. The maximum atomic E-state index is 13.6. The van der Waals surface area contributed by atoms with Gasteiger partial charge in [-0.3, -0.25) is 0 Å². The molecule has 0 aliphatic carbocycles. The first-order valence-corrected chi connectivity index (χ1v) is 7.28. The molecular formula is C16H17BrFNO. The minimum absolute atomic E-state index is 0.155. The molecule has 0 spiro atoms. The Balaban J connectivity index is 1.97. The first-order valence-electron chi connectivity index (χ1n) is 6.49. The van der Waals surface area contributed by atoms with E-state index in [4.69, 9.17) is 0 Å². The molecule has 20 heavy (non-hydrogen) atoms. The second-order valence-electron chi connectivity index (χ2n) is 4.72. The Bertz CT molecular complexity index is 576. The van der Waals surface area contributed by atoms with Crippen LogP contribution in [-0.2, 0) is 0 Å². The van der Waals surface area contributed by atoms with Gasteiger partial charge in [-0.15, -0.1) is 0 Å². The zero-order valence-corrected chi connectivity index (χ0v) is 12.8. The van der Waals surface area contributed by atoms with Crippen LogP contribution in [0.25, 0.3) is 0 Å². The lowest BCUT2D eigenvalue weighted by atomic mass is 10.1. The molecule has 2 nitrogen and oxygen atoms in total. The summed E-state index contributed by atoms with van der Waals surface area (Å²) in [4.78, 5) is 0. The van der Waals surface area contributed by atoms with Gasteiger partial charge in [0.1, 0.15) is 5.82 Å². The van der Waals surface area contributed by atoms with Crippen molar-refractivity contribution in [3.63, 3.8) is 0 Å². The smallest absolute Gasteiger partial charge is 0.127 e. The number of aliphatic hydroxyl groups is 1. The number of hydrogen-bond donors (Lipinski definition) is 2. The van der Waals surface area contributed by atoms with E-state index in [1.807, 2.05) is 31.2 Å². The van der Waals surface area contributed by atoms with Gasteiger partial charge in [0, 0.05) is 22.6 Å². The van der Waals surface area contributed by atoms with Gasteiger partial charge in [-0.05, 0) is 30.7 Å². The fourth-order valence-electron chi connectivity index (χ4n) is 2.06. The van der Waals surface area contributed by atoms with Crippen LogP contribution in [0.1, 0.15) is 30.2 Å². The topological polar surface area (TPSA) is 32.3 Å². The molecule has 2 rings (SSSR count). The molecule has 0 heterocycles. The lowest BCUT2D eigenvalue weighted by Gasteiger charge is -2.18. The number of halogens is 2. The third-order valence-corrected chi connectivity index (χ3v) is 3.72. The van der Waals surface area contributed by atoms with Crippen molar-refractivity contribution in [3.05, 3.63) is 69.9 Å². The van der Waals surface area contributed by atoms with Crippen molar-refractivity contribution >= 4 is 15.9 Å². The maximum absolute atomic E-state index is 13.6. The van der Waals surface area contributed by atoms with E-state index in [9.17, 15) is 9.50 Å². The summed E-state index contributed by atoms with van der Waals surface area (Å²) in [5.74, 6) is -0.232. The molecule has 2 aromatic rings. The number of benzene rings is 2. The van der Waals surface area contributed by atoms with Crippen molar-refractivity contribution in [2.75, 3.05) is 6.54 Å². The number of hydrogen-bond acceptors (Lipinski definition) is 2. The highest BCUT2D eigenvalue weighted by molar-refractivity contribution is 9.10. The van der Waals surface area contributed by atoms with Crippen LogP contribution in [0.2, 0.25) is 0 Å². The molecule has 4 heteroatoms. The highest BCUT2D eigenvalue weighted by Gasteiger charge is 2.13. The van der Waals surface area contributed by atoms with E-state index < -0.39 is 6.10 Å². The fourth-order valence-corrected chi connectivity index (χ4v) is 2.47. The number of nitrogens with one attached hydrogen (secondary N) is 1. The molecule has 0 bridgehead atoms. The van der Waals surface area contributed by atoms with Gasteiger partial charge < -0.3 is 10.4 Å². The number of aliphatic hydroxyl groups excluding tert-OH is 1. The summed E-state index contributed by atoms with van der Waals surface area (Å²) in [6.45, 7) is 2.25. The van der Waals surface area contributed by atoms with Gasteiger partial charge in [0.05, 0.1) is 6.10 Å². The van der Waals surface area contributed by atoms with Crippen LogP contribution in [0, 0.1) is 5.82 Å². The van der Waals surface area contributed by atoms with E-state index in [2.05, 4.69) is 21.2 Å². The first kappa shape index (κ1) is 15.2. The van der Waals surface area contributed by atoms with E-state index in [0.717, 1.165) is 10.0 Å². The molecule has 0 radical (unpaired) electrons. The third-order valence-electron chi connectivity index (χ3n) is 3.22. The molecule has 0 aromatic heterocycles. The summed E-state index contributed by atoms with van der Waals surface area (Å²) >= 11 is 3.38. The minimum Gasteiger partial charge on any atom is -0.387 e. The summed E-state index contributed by atoms with van der Waals surface area (Å²) in [7, 11) is 0. The van der Waals surface area contributed by atoms with Crippen LogP contribution in [0.3, 0.4) is 0 Å². The third kappa shape index (κ3) is 3.88. The standard InChI is InChI=1S/C16H17BrFNO/c1-11(14-7-2-3-8-15(14)18)19-10-16(20)12-5-4-6-13(17)9-12/h2-9,11,16,19-20H,10H2,1H3. The molecule has 0 aliphatic rings. The number of rotatable bonds is 5. The summed E-state index contributed by atoms with van der Waals surface area (Å²) in [5, 5.41) is 13.3. The second kappa shape index (κ2) is 6.97. The Morgan fingerprint density at radius 2 is 1.95 bits per heavy atom. The normalized spacial score (nSPS) is 14.0. The van der Waals surface area contributed by atoms with Gasteiger partial charge in [0.2, 0.25) is 0 Å². The molecule has 0 saturated heterocycles. The maximum Gasteiger partial charge on any atom is 0.127 e. The quantitative estimate of drug-likeness (QED) is 0.865. The molecule has 106 valence electrons. The van der Waals surface area contributed by atoms with Crippen LogP contribution >= 0.6 is 15.9 Å². The van der Waals surface area contributed by atoms with Crippen molar-refractivity contribution < 1.29 is 9.50 Å². The fraction of sp³-hybridized carbons (Fsp3) is 0.250. The largest absolute Gasteiger partial charge is 0.387 e. The summed E-state index contributed by atoms with van der Waals surface area (Å²) < 4.78 is 14.6. The highest BCUT2D eigenvalue weighted by atomic mass is 79.9. The van der Waals surface area contributed by atoms with Crippen molar-refractivity contribution in [2.24, 2.45) is 0 Å². The molecular weight excluding hydrogens is 321 g/mol. The second-order valence-corrected chi connectivity index (χ2v) is 5.64. The average molecular weight is 338 g/mol. The van der Waals surface area contributed by atoms with Crippen LogP contribution < -0.4 is 5.32 Å². The first-order chi connectivity index (χ1) is 9.58. The zero-order chi connectivity index (χ0) is 14.5. The molecule has 0 aliphatic heterocycles. The monoisotopic (exact) mass is 337 g/mol. The minimum atomic E-state index is -0.623. The van der Waals surface area contributed by atoms with E-state index in [0.29, 0.717) is 12.1 Å². The van der Waals surface area contributed by atoms with Gasteiger partial charge in [0.15, 0.2) is 0 Å².